The molecule has 1 rings (SSSR count). The van der Waals surface area contributed by atoms with Crippen molar-refractivity contribution in [2.45, 2.75) is 26.3 Å². The molecule has 17 heavy (non-hydrogen) atoms. The zero-order chi connectivity index (χ0) is 12.8. The summed E-state index contributed by atoms with van der Waals surface area (Å²) >= 11 is 0. The first-order valence-corrected chi connectivity index (χ1v) is 5.44. The Kier molecular flexibility index (Phi) is 4.51. The van der Waals surface area contributed by atoms with Crippen LogP contribution in [-0.4, -0.2) is 17.9 Å². The Hall–Kier alpha value is -2.04. The van der Waals surface area contributed by atoms with Crippen LogP contribution in [0.3, 0.4) is 0 Å². The van der Waals surface area contributed by atoms with Gasteiger partial charge in [0.15, 0.2) is 0 Å². The van der Waals surface area contributed by atoms with Gasteiger partial charge in [-0.1, -0.05) is 12.1 Å². The van der Waals surface area contributed by atoms with Gasteiger partial charge in [0.05, 0.1) is 5.84 Å². The lowest BCUT2D eigenvalue weighted by atomic mass is 10.2. The van der Waals surface area contributed by atoms with Gasteiger partial charge in [-0.15, -0.1) is 0 Å². The molecule has 0 heterocycles. The maximum Gasteiger partial charge on any atom is 0.319 e. The fourth-order valence-electron chi connectivity index (χ4n) is 1.49. The predicted octanol–water partition coefficient (Wildman–Crippen LogP) is 1.83. The Balaban J connectivity index is 2.47. The summed E-state index contributed by atoms with van der Waals surface area (Å²) in [5.41, 5.74) is 7.08. The minimum atomic E-state index is -0.288. The van der Waals surface area contributed by atoms with Crippen LogP contribution in [0, 0.1) is 12.3 Å². The molecule has 2 amide bonds. The van der Waals surface area contributed by atoms with E-state index >= 15 is 0 Å². The summed E-state index contributed by atoms with van der Waals surface area (Å²) in [4.78, 5) is 11.6. The standard InChI is InChI=1S/C12H18N4O/c1-8-4-3-5-10(6-8)16-12(17)15-9(2)7-11(13)14/h3-6,9H,7H2,1-2H3,(H3,13,14)(H2,15,16,17). The molecule has 92 valence electrons. The molecular formula is C12H18N4O. The van der Waals surface area contributed by atoms with Crippen molar-refractivity contribution < 1.29 is 4.79 Å². The van der Waals surface area contributed by atoms with Crippen LogP contribution < -0.4 is 16.4 Å². The molecule has 5 nitrogen and oxygen atoms in total. The minimum absolute atomic E-state index is 0.0633. The summed E-state index contributed by atoms with van der Waals surface area (Å²) in [6.07, 6.45) is 0.348. The average Bonchev–Trinajstić information content (AvgIpc) is 2.14. The van der Waals surface area contributed by atoms with E-state index in [0.717, 1.165) is 11.3 Å². The number of benzene rings is 1. The van der Waals surface area contributed by atoms with Crippen LogP contribution in [0.25, 0.3) is 0 Å². The van der Waals surface area contributed by atoms with Gasteiger partial charge < -0.3 is 16.4 Å². The molecule has 0 saturated carbocycles. The van der Waals surface area contributed by atoms with Crippen molar-refractivity contribution in [1.29, 1.82) is 5.41 Å². The highest BCUT2D eigenvalue weighted by atomic mass is 16.2. The molecule has 1 atom stereocenters. The fraction of sp³-hybridized carbons (Fsp3) is 0.333. The number of amidine groups is 1. The van der Waals surface area contributed by atoms with E-state index in [0.29, 0.717) is 6.42 Å². The number of carbonyl (C=O) groups is 1. The maximum absolute atomic E-state index is 11.6. The van der Waals surface area contributed by atoms with Gasteiger partial charge in [-0.05, 0) is 31.5 Å². The molecule has 1 aromatic rings. The summed E-state index contributed by atoms with van der Waals surface area (Å²) in [7, 11) is 0. The predicted molar refractivity (Wildman–Crippen MR) is 69.3 cm³/mol. The van der Waals surface area contributed by atoms with Crippen LogP contribution in [0.4, 0.5) is 10.5 Å². The summed E-state index contributed by atoms with van der Waals surface area (Å²) in [5.74, 6) is 0.0633. The lowest BCUT2D eigenvalue weighted by Gasteiger charge is -2.13. The maximum atomic E-state index is 11.6. The normalized spacial score (nSPS) is 11.6. The first-order chi connectivity index (χ1) is 7.97. The Morgan fingerprint density at radius 2 is 2.24 bits per heavy atom. The molecule has 0 spiro atoms. The molecule has 0 bridgehead atoms. The number of rotatable bonds is 4. The van der Waals surface area contributed by atoms with E-state index in [1.54, 1.807) is 6.92 Å². The molecule has 0 aliphatic heterocycles. The number of hydrogen-bond donors (Lipinski definition) is 4. The van der Waals surface area contributed by atoms with Gasteiger partial charge >= 0.3 is 6.03 Å². The first kappa shape index (κ1) is 13.0. The van der Waals surface area contributed by atoms with Gasteiger partial charge in [0.25, 0.3) is 0 Å². The molecule has 0 aliphatic rings. The average molecular weight is 234 g/mol. The van der Waals surface area contributed by atoms with E-state index in [1.165, 1.54) is 0 Å². The summed E-state index contributed by atoms with van der Waals surface area (Å²) in [5, 5.41) is 12.6. The van der Waals surface area contributed by atoms with Gasteiger partial charge in [-0.2, -0.15) is 0 Å². The third-order valence-corrected chi connectivity index (χ3v) is 2.18. The molecule has 0 fully saturated rings. The zero-order valence-electron chi connectivity index (χ0n) is 10.1. The Morgan fingerprint density at radius 3 is 2.82 bits per heavy atom. The number of anilines is 1. The number of amides is 2. The Labute approximate surface area is 101 Å². The number of aryl methyl sites for hydroxylation is 1. The van der Waals surface area contributed by atoms with E-state index in [9.17, 15) is 4.79 Å². The van der Waals surface area contributed by atoms with Gasteiger partial charge in [-0.25, -0.2) is 4.79 Å². The van der Waals surface area contributed by atoms with Gasteiger partial charge in [-0.3, -0.25) is 5.41 Å². The number of carbonyl (C=O) groups excluding carboxylic acids is 1. The molecule has 0 aliphatic carbocycles. The molecule has 0 aromatic heterocycles. The van der Waals surface area contributed by atoms with Crippen LogP contribution in [0.2, 0.25) is 0 Å². The first-order valence-electron chi connectivity index (χ1n) is 5.44. The van der Waals surface area contributed by atoms with Crippen molar-refractivity contribution in [3.05, 3.63) is 29.8 Å². The second-order valence-corrected chi connectivity index (χ2v) is 4.10. The molecular weight excluding hydrogens is 216 g/mol. The smallest absolute Gasteiger partial charge is 0.319 e. The lowest BCUT2D eigenvalue weighted by molar-refractivity contribution is 0.249. The van der Waals surface area contributed by atoms with Crippen molar-refractivity contribution in [3.8, 4) is 0 Å². The number of nitrogens with two attached hydrogens (primary N) is 1. The van der Waals surface area contributed by atoms with E-state index in [2.05, 4.69) is 10.6 Å². The van der Waals surface area contributed by atoms with E-state index < -0.39 is 0 Å². The van der Waals surface area contributed by atoms with Crippen molar-refractivity contribution in [1.82, 2.24) is 5.32 Å². The number of nitrogens with one attached hydrogen (secondary N) is 3. The SMILES string of the molecule is Cc1cccc(NC(=O)NC(C)CC(=N)N)c1. The Bertz CT molecular complexity index is 417. The highest BCUT2D eigenvalue weighted by Gasteiger charge is 2.08. The summed E-state index contributed by atoms with van der Waals surface area (Å²) in [6, 6.07) is 7.10. The van der Waals surface area contributed by atoms with E-state index in [-0.39, 0.29) is 17.9 Å². The number of hydrogen-bond acceptors (Lipinski definition) is 2. The van der Waals surface area contributed by atoms with Crippen LogP contribution in [0.5, 0.6) is 0 Å². The Morgan fingerprint density at radius 1 is 1.53 bits per heavy atom. The largest absolute Gasteiger partial charge is 0.388 e. The minimum Gasteiger partial charge on any atom is -0.388 e. The molecule has 1 unspecified atom stereocenters. The molecule has 5 N–H and O–H groups in total. The van der Waals surface area contributed by atoms with Gasteiger partial charge in [0.1, 0.15) is 0 Å². The molecule has 5 heteroatoms. The molecule has 0 saturated heterocycles. The lowest BCUT2D eigenvalue weighted by Crippen LogP contribution is -2.38. The van der Waals surface area contributed by atoms with Crippen molar-refractivity contribution in [3.63, 3.8) is 0 Å². The monoisotopic (exact) mass is 234 g/mol. The zero-order valence-corrected chi connectivity index (χ0v) is 10.1. The second kappa shape index (κ2) is 5.89. The van der Waals surface area contributed by atoms with Crippen molar-refractivity contribution in [2.24, 2.45) is 5.73 Å². The topological polar surface area (TPSA) is 91.0 Å². The van der Waals surface area contributed by atoms with Crippen molar-refractivity contribution >= 4 is 17.6 Å². The third kappa shape index (κ3) is 5.01. The molecule has 1 aromatic carbocycles. The number of urea groups is 1. The fourth-order valence-corrected chi connectivity index (χ4v) is 1.49. The quantitative estimate of drug-likeness (QED) is 0.473. The van der Waals surface area contributed by atoms with Crippen LogP contribution in [0.15, 0.2) is 24.3 Å². The molecule has 0 radical (unpaired) electrons. The highest BCUT2D eigenvalue weighted by molar-refractivity contribution is 5.90. The van der Waals surface area contributed by atoms with Gasteiger partial charge in [0, 0.05) is 18.2 Å². The van der Waals surface area contributed by atoms with Crippen molar-refractivity contribution in [2.75, 3.05) is 5.32 Å². The summed E-state index contributed by atoms with van der Waals surface area (Å²) in [6.45, 7) is 3.76. The summed E-state index contributed by atoms with van der Waals surface area (Å²) < 4.78 is 0. The van der Waals surface area contributed by atoms with Crippen LogP contribution >= 0.6 is 0 Å². The van der Waals surface area contributed by atoms with Crippen LogP contribution in [-0.2, 0) is 0 Å². The van der Waals surface area contributed by atoms with Gasteiger partial charge in [0.2, 0.25) is 0 Å². The highest BCUT2D eigenvalue weighted by Crippen LogP contribution is 2.09. The third-order valence-electron chi connectivity index (χ3n) is 2.18. The second-order valence-electron chi connectivity index (χ2n) is 4.10. The van der Waals surface area contributed by atoms with Crippen LogP contribution in [0.1, 0.15) is 18.9 Å². The van der Waals surface area contributed by atoms with E-state index in [4.69, 9.17) is 11.1 Å². The van der Waals surface area contributed by atoms with E-state index in [1.807, 2.05) is 31.2 Å².